The fourth-order valence-electron chi connectivity index (χ4n) is 3.92. The van der Waals surface area contributed by atoms with E-state index in [4.69, 9.17) is 24.7 Å². The fourth-order valence-corrected chi connectivity index (χ4v) is 3.92. The van der Waals surface area contributed by atoms with Crippen molar-refractivity contribution < 1.29 is 38.1 Å². The standard InChI is InChI=1S/C31H47NO8/c1-8-30(4,5)28(35)39-24-16-15-21(18-25(24)40-29(36)31(6,7)9-2)17-23(32)27(34)37-19-20(3)38-26(33)22-13-11-10-12-14-22/h15-16,18,20,22-23H,8-14,17,19,32H2,1-7H3/t20-,23-/m0/s1. The van der Waals surface area contributed by atoms with E-state index < -0.39 is 40.9 Å². The minimum Gasteiger partial charge on any atom is -0.461 e. The lowest BCUT2D eigenvalue weighted by Gasteiger charge is -2.24. The molecular formula is C31H47NO8. The Morgan fingerprint density at radius 3 is 2.00 bits per heavy atom. The second-order valence-corrected chi connectivity index (χ2v) is 12.1. The van der Waals surface area contributed by atoms with Crippen LogP contribution >= 0.6 is 0 Å². The zero-order valence-electron chi connectivity index (χ0n) is 25.2. The molecular weight excluding hydrogens is 514 g/mol. The van der Waals surface area contributed by atoms with Gasteiger partial charge in [0.1, 0.15) is 18.8 Å². The molecule has 0 spiro atoms. The van der Waals surface area contributed by atoms with Crippen molar-refractivity contribution in [2.75, 3.05) is 6.61 Å². The number of nitrogens with two attached hydrogens (primary N) is 1. The van der Waals surface area contributed by atoms with Crippen LogP contribution in [0.3, 0.4) is 0 Å². The van der Waals surface area contributed by atoms with Crippen LogP contribution in [0.4, 0.5) is 0 Å². The third kappa shape index (κ3) is 9.61. The summed E-state index contributed by atoms with van der Waals surface area (Å²) in [6.07, 6.45) is 5.47. The number of esters is 4. The van der Waals surface area contributed by atoms with Gasteiger partial charge in [-0.2, -0.15) is 0 Å². The maximum absolute atomic E-state index is 12.8. The Morgan fingerprint density at radius 2 is 1.45 bits per heavy atom. The molecule has 224 valence electrons. The normalized spacial score (nSPS) is 16.0. The SMILES string of the molecule is CCC(C)(C)C(=O)Oc1ccc(C[C@H](N)C(=O)OC[C@H](C)OC(=O)C2CCCCC2)cc1OC(=O)C(C)(C)CC. The van der Waals surface area contributed by atoms with Gasteiger partial charge in [0, 0.05) is 0 Å². The Kier molecular flexibility index (Phi) is 12.2. The summed E-state index contributed by atoms with van der Waals surface area (Å²) in [6.45, 7) is 12.4. The zero-order valence-corrected chi connectivity index (χ0v) is 25.2. The van der Waals surface area contributed by atoms with Gasteiger partial charge in [-0.05, 0) is 84.4 Å². The fraction of sp³-hybridized carbons (Fsp3) is 0.677. The molecule has 0 aliphatic heterocycles. The van der Waals surface area contributed by atoms with Crippen molar-refractivity contribution in [3.63, 3.8) is 0 Å². The van der Waals surface area contributed by atoms with Gasteiger partial charge in [-0.15, -0.1) is 0 Å². The average molecular weight is 562 g/mol. The van der Waals surface area contributed by atoms with Gasteiger partial charge >= 0.3 is 23.9 Å². The van der Waals surface area contributed by atoms with Crippen molar-refractivity contribution in [1.82, 2.24) is 0 Å². The molecule has 2 atom stereocenters. The summed E-state index contributed by atoms with van der Waals surface area (Å²) in [6, 6.07) is 3.73. The molecule has 0 amide bonds. The van der Waals surface area contributed by atoms with Crippen molar-refractivity contribution in [2.24, 2.45) is 22.5 Å². The molecule has 9 nitrogen and oxygen atoms in total. The van der Waals surface area contributed by atoms with Gasteiger partial charge in [0.15, 0.2) is 11.5 Å². The number of rotatable bonds is 13. The monoisotopic (exact) mass is 561 g/mol. The third-order valence-corrected chi connectivity index (χ3v) is 7.76. The van der Waals surface area contributed by atoms with Crippen LogP contribution in [0.25, 0.3) is 0 Å². The first-order valence-corrected chi connectivity index (χ1v) is 14.4. The number of ether oxygens (including phenoxy) is 4. The summed E-state index contributed by atoms with van der Waals surface area (Å²) >= 11 is 0. The molecule has 2 rings (SSSR count). The number of carbonyl (C=O) groups is 4. The van der Waals surface area contributed by atoms with Crippen LogP contribution in [0.15, 0.2) is 18.2 Å². The van der Waals surface area contributed by atoms with Crippen LogP contribution in [0.2, 0.25) is 0 Å². The van der Waals surface area contributed by atoms with E-state index in [1.54, 1.807) is 46.8 Å². The van der Waals surface area contributed by atoms with Gasteiger partial charge in [0.05, 0.1) is 16.7 Å². The smallest absolute Gasteiger partial charge is 0.323 e. The molecule has 0 heterocycles. The topological polar surface area (TPSA) is 131 Å². The molecule has 1 aliphatic carbocycles. The van der Waals surface area contributed by atoms with Gasteiger partial charge < -0.3 is 24.7 Å². The highest BCUT2D eigenvalue weighted by Gasteiger charge is 2.32. The van der Waals surface area contributed by atoms with Crippen molar-refractivity contribution in [3.8, 4) is 11.5 Å². The van der Waals surface area contributed by atoms with Crippen molar-refractivity contribution >= 4 is 23.9 Å². The first-order valence-electron chi connectivity index (χ1n) is 14.4. The maximum Gasteiger partial charge on any atom is 0.323 e. The molecule has 1 aromatic carbocycles. The molecule has 1 aromatic rings. The molecule has 40 heavy (non-hydrogen) atoms. The maximum atomic E-state index is 12.8. The van der Waals surface area contributed by atoms with Gasteiger partial charge in [0.25, 0.3) is 0 Å². The molecule has 0 bridgehead atoms. The van der Waals surface area contributed by atoms with Crippen molar-refractivity contribution in [2.45, 2.75) is 112 Å². The lowest BCUT2D eigenvalue weighted by molar-refractivity contribution is -0.162. The summed E-state index contributed by atoms with van der Waals surface area (Å²) in [4.78, 5) is 50.5. The number of benzene rings is 1. The molecule has 1 aliphatic rings. The molecule has 2 N–H and O–H groups in total. The Labute approximate surface area is 238 Å². The second kappa shape index (κ2) is 14.6. The van der Waals surface area contributed by atoms with Gasteiger partial charge in [-0.1, -0.05) is 39.2 Å². The van der Waals surface area contributed by atoms with E-state index in [9.17, 15) is 19.2 Å². The van der Waals surface area contributed by atoms with E-state index in [2.05, 4.69) is 0 Å². The quantitative estimate of drug-likeness (QED) is 0.252. The summed E-state index contributed by atoms with van der Waals surface area (Å²) in [5, 5.41) is 0. The van der Waals surface area contributed by atoms with Crippen LogP contribution in [0.5, 0.6) is 11.5 Å². The molecule has 0 unspecified atom stereocenters. The molecule has 0 saturated heterocycles. The Morgan fingerprint density at radius 1 is 0.900 bits per heavy atom. The molecule has 9 heteroatoms. The largest absolute Gasteiger partial charge is 0.461 e. The highest BCUT2D eigenvalue weighted by Crippen LogP contribution is 2.34. The molecule has 1 fully saturated rings. The van der Waals surface area contributed by atoms with Crippen molar-refractivity contribution in [1.29, 1.82) is 0 Å². The minimum absolute atomic E-state index is 0.0769. The predicted octanol–water partition coefficient (Wildman–Crippen LogP) is 5.29. The summed E-state index contributed by atoms with van der Waals surface area (Å²) in [7, 11) is 0. The number of hydrogen-bond acceptors (Lipinski definition) is 9. The lowest BCUT2D eigenvalue weighted by Crippen LogP contribution is -2.36. The minimum atomic E-state index is -1.01. The van der Waals surface area contributed by atoms with Crippen LogP contribution in [-0.4, -0.2) is 42.6 Å². The summed E-state index contributed by atoms with van der Waals surface area (Å²) in [5.41, 5.74) is 5.23. The summed E-state index contributed by atoms with van der Waals surface area (Å²) < 4.78 is 22.1. The van der Waals surface area contributed by atoms with E-state index in [0.29, 0.717) is 18.4 Å². The van der Waals surface area contributed by atoms with Gasteiger partial charge in [-0.3, -0.25) is 19.2 Å². The second-order valence-electron chi connectivity index (χ2n) is 12.1. The van der Waals surface area contributed by atoms with Crippen LogP contribution in [0, 0.1) is 16.7 Å². The predicted molar refractivity (Wildman–Crippen MR) is 151 cm³/mol. The lowest BCUT2D eigenvalue weighted by atomic mass is 9.89. The van der Waals surface area contributed by atoms with Gasteiger partial charge in [0.2, 0.25) is 0 Å². The van der Waals surface area contributed by atoms with Crippen LogP contribution in [0.1, 0.15) is 99.0 Å². The highest BCUT2D eigenvalue weighted by molar-refractivity contribution is 5.81. The van der Waals surface area contributed by atoms with Crippen LogP contribution in [-0.2, 0) is 35.1 Å². The molecule has 0 radical (unpaired) electrons. The Balaban J connectivity index is 2.07. The first-order chi connectivity index (χ1) is 18.7. The Bertz CT molecular complexity index is 1040. The van der Waals surface area contributed by atoms with E-state index in [-0.39, 0.29) is 36.4 Å². The number of hydrogen-bond donors (Lipinski definition) is 1. The average Bonchev–Trinajstić information content (AvgIpc) is 2.93. The number of carbonyl (C=O) groups excluding carboxylic acids is 4. The molecule has 1 saturated carbocycles. The zero-order chi connectivity index (χ0) is 30.1. The van der Waals surface area contributed by atoms with Gasteiger partial charge in [-0.25, -0.2) is 0 Å². The molecule has 0 aromatic heterocycles. The van der Waals surface area contributed by atoms with E-state index in [1.807, 2.05) is 13.8 Å². The first kappa shape index (κ1) is 33.3. The Hall–Kier alpha value is -2.94. The van der Waals surface area contributed by atoms with E-state index in [0.717, 1.165) is 32.1 Å². The third-order valence-electron chi connectivity index (χ3n) is 7.76. The van der Waals surface area contributed by atoms with Crippen molar-refractivity contribution in [3.05, 3.63) is 23.8 Å². The van der Waals surface area contributed by atoms with E-state index in [1.165, 1.54) is 6.07 Å². The highest BCUT2D eigenvalue weighted by atomic mass is 16.6. The van der Waals surface area contributed by atoms with Crippen LogP contribution < -0.4 is 15.2 Å². The summed E-state index contributed by atoms with van der Waals surface area (Å²) in [5.74, 6) is -1.72. The van der Waals surface area contributed by atoms with E-state index >= 15 is 0 Å².